The molecule has 0 atom stereocenters. The molecule has 1 nitrogen and oxygen atoms in total. The highest BCUT2D eigenvalue weighted by Crippen LogP contribution is 2.14. The first-order chi connectivity index (χ1) is 7.65. The first kappa shape index (κ1) is 13.4. The second-order valence-corrected chi connectivity index (χ2v) is 4.70. The Labute approximate surface area is 104 Å². The number of ketones is 1. The number of carbonyl (C=O) groups is 1. The molecule has 0 saturated carbocycles. The standard InChI is InChI=1S/C13H16BrFO/c1-10-6-7-11(12(15)9-10)13(16)5-3-2-4-8-14/h6-7,9H,2-5,8H2,1H3. The summed E-state index contributed by atoms with van der Waals surface area (Å²) in [6.45, 7) is 1.81. The van der Waals surface area contributed by atoms with E-state index in [9.17, 15) is 9.18 Å². The summed E-state index contributed by atoms with van der Waals surface area (Å²) in [6, 6.07) is 4.76. The van der Waals surface area contributed by atoms with E-state index in [1.807, 2.05) is 6.92 Å². The summed E-state index contributed by atoms with van der Waals surface area (Å²) in [7, 11) is 0. The fourth-order valence-electron chi connectivity index (χ4n) is 1.54. The molecule has 0 aromatic heterocycles. The number of carbonyl (C=O) groups excluding carboxylic acids is 1. The number of hydrogen-bond acceptors (Lipinski definition) is 1. The second-order valence-electron chi connectivity index (χ2n) is 3.91. The van der Waals surface area contributed by atoms with Crippen molar-refractivity contribution < 1.29 is 9.18 Å². The minimum Gasteiger partial charge on any atom is -0.294 e. The molecule has 3 heteroatoms. The van der Waals surface area contributed by atoms with Crippen LogP contribution in [0.1, 0.15) is 41.6 Å². The Morgan fingerprint density at radius 3 is 2.69 bits per heavy atom. The van der Waals surface area contributed by atoms with Crippen LogP contribution >= 0.6 is 15.9 Å². The van der Waals surface area contributed by atoms with Gasteiger partial charge < -0.3 is 0 Å². The van der Waals surface area contributed by atoms with Gasteiger partial charge in [-0.15, -0.1) is 0 Å². The van der Waals surface area contributed by atoms with E-state index in [0.717, 1.165) is 30.2 Å². The topological polar surface area (TPSA) is 17.1 Å². The number of rotatable bonds is 6. The molecule has 0 heterocycles. The summed E-state index contributed by atoms with van der Waals surface area (Å²) < 4.78 is 13.4. The van der Waals surface area contributed by atoms with Gasteiger partial charge in [0.25, 0.3) is 0 Å². The molecule has 0 saturated heterocycles. The minimum atomic E-state index is -0.398. The van der Waals surface area contributed by atoms with Gasteiger partial charge >= 0.3 is 0 Å². The Kier molecular flexibility index (Phi) is 5.67. The van der Waals surface area contributed by atoms with E-state index in [-0.39, 0.29) is 11.3 Å². The van der Waals surface area contributed by atoms with E-state index in [1.165, 1.54) is 6.07 Å². The molecule has 0 N–H and O–H groups in total. The zero-order valence-electron chi connectivity index (χ0n) is 9.43. The monoisotopic (exact) mass is 286 g/mol. The van der Waals surface area contributed by atoms with Gasteiger partial charge in [-0.2, -0.15) is 0 Å². The van der Waals surface area contributed by atoms with Crippen molar-refractivity contribution in [3.05, 3.63) is 35.1 Å². The van der Waals surface area contributed by atoms with Gasteiger partial charge in [0.05, 0.1) is 5.56 Å². The van der Waals surface area contributed by atoms with Gasteiger partial charge in [-0.05, 0) is 37.5 Å². The zero-order chi connectivity index (χ0) is 12.0. The quantitative estimate of drug-likeness (QED) is 0.434. The molecule has 0 fully saturated rings. The summed E-state index contributed by atoms with van der Waals surface area (Å²) in [4.78, 5) is 11.7. The Morgan fingerprint density at radius 2 is 2.06 bits per heavy atom. The van der Waals surface area contributed by atoms with E-state index in [2.05, 4.69) is 15.9 Å². The number of alkyl halides is 1. The average Bonchev–Trinajstić information content (AvgIpc) is 2.24. The minimum absolute atomic E-state index is 0.0907. The second kappa shape index (κ2) is 6.79. The third kappa shape index (κ3) is 4.05. The predicted octanol–water partition coefficient (Wildman–Crippen LogP) is 4.27. The van der Waals surface area contributed by atoms with Crippen molar-refractivity contribution in [1.29, 1.82) is 0 Å². The summed E-state index contributed by atoms with van der Waals surface area (Å²) in [5.74, 6) is -0.488. The highest BCUT2D eigenvalue weighted by Gasteiger charge is 2.10. The maximum Gasteiger partial charge on any atom is 0.165 e. The lowest BCUT2D eigenvalue weighted by molar-refractivity contribution is 0.0975. The van der Waals surface area contributed by atoms with E-state index >= 15 is 0 Å². The molecule has 0 aliphatic rings. The van der Waals surface area contributed by atoms with Gasteiger partial charge in [-0.3, -0.25) is 4.79 Å². The fourth-order valence-corrected chi connectivity index (χ4v) is 1.93. The lowest BCUT2D eigenvalue weighted by Crippen LogP contribution is -2.02. The molecule has 1 aromatic rings. The van der Waals surface area contributed by atoms with E-state index in [0.29, 0.717) is 6.42 Å². The summed E-state index contributed by atoms with van der Waals surface area (Å²) in [6.07, 6.45) is 3.33. The summed E-state index contributed by atoms with van der Waals surface area (Å²) in [5, 5.41) is 0.958. The molecule has 0 spiro atoms. The van der Waals surface area contributed by atoms with Crippen molar-refractivity contribution in [2.45, 2.75) is 32.6 Å². The first-order valence-electron chi connectivity index (χ1n) is 5.50. The molecule has 0 bridgehead atoms. The van der Waals surface area contributed by atoms with E-state index in [4.69, 9.17) is 0 Å². The number of hydrogen-bond donors (Lipinski definition) is 0. The predicted molar refractivity (Wildman–Crippen MR) is 67.7 cm³/mol. The molecule has 0 aliphatic heterocycles. The molecule has 88 valence electrons. The lowest BCUT2D eigenvalue weighted by atomic mass is 10.0. The van der Waals surface area contributed by atoms with Crippen LogP contribution in [-0.4, -0.2) is 11.1 Å². The Hall–Kier alpha value is -0.700. The number of unbranched alkanes of at least 4 members (excludes halogenated alkanes) is 2. The van der Waals surface area contributed by atoms with Crippen LogP contribution in [0.15, 0.2) is 18.2 Å². The fraction of sp³-hybridized carbons (Fsp3) is 0.462. The third-order valence-corrected chi connectivity index (χ3v) is 3.02. The van der Waals surface area contributed by atoms with Gasteiger partial charge in [0.15, 0.2) is 5.78 Å². The highest BCUT2D eigenvalue weighted by atomic mass is 79.9. The van der Waals surface area contributed by atoms with Gasteiger partial charge in [-0.1, -0.05) is 28.4 Å². The molecule has 0 radical (unpaired) electrons. The van der Waals surface area contributed by atoms with Crippen LogP contribution < -0.4 is 0 Å². The van der Waals surface area contributed by atoms with Crippen LogP contribution in [0.3, 0.4) is 0 Å². The van der Waals surface area contributed by atoms with Crippen LogP contribution in [0, 0.1) is 12.7 Å². The Balaban J connectivity index is 2.53. The number of halogens is 2. The molecule has 1 rings (SSSR count). The number of Topliss-reactive ketones (excluding diaryl/α,β-unsaturated/α-hetero) is 1. The third-order valence-electron chi connectivity index (χ3n) is 2.46. The molecule has 0 amide bonds. The van der Waals surface area contributed by atoms with Crippen LogP contribution in [0.25, 0.3) is 0 Å². The van der Waals surface area contributed by atoms with Crippen molar-refractivity contribution in [3.63, 3.8) is 0 Å². The largest absolute Gasteiger partial charge is 0.294 e. The highest BCUT2D eigenvalue weighted by molar-refractivity contribution is 9.09. The van der Waals surface area contributed by atoms with Gasteiger partial charge in [0, 0.05) is 11.8 Å². The van der Waals surface area contributed by atoms with Crippen molar-refractivity contribution >= 4 is 21.7 Å². The normalized spacial score (nSPS) is 10.4. The Bertz CT molecular complexity index is 363. The maximum absolute atomic E-state index is 13.4. The number of benzene rings is 1. The SMILES string of the molecule is Cc1ccc(C(=O)CCCCCBr)c(F)c1. The maximum atomic E-state index is 13.4. The lowest BCUT2D eigenvalue weighted by Gasteiger charge is -2.03. The van der Waals surface area contributed by atoms with E-state index < -0.39 is 5.82 Å². The van der Waals surface area contributed by atoms with Crippen LogP contribution in [0.4, 0.5) is 4.39 Å². The van der Waals surface area contributed by atoms with Crippen molar-refractivity contribution in [1.82, 2.24) is 0 Å². The van der Waals surface area contributed by atoms with Crippen LogP contribution in [0.5, 0.6) is 0 Å². The van der Waals surface area contributed by atoms with Gasteiger partial charge in [0.2, 0.25) is 0 Å². The average molecular weight is 287 g/mol. The molecule has 0 aliphatic carbocycles. The van der Waals surface area contributed by atoms with Crippen LogP contribution in [-0.2, 0) is 0 Å². The zero-order valence-corrected chi connectivity index (χ0v) is 11.0. The molecular weight excluding hydrogens is 271 g/mol. The van der Waals surface area contributed by atoms with Crippen molar-refractivity contribution in [3.8, 4) is 0 Å². The van der Waals surface area contributed by atoms with Crippen molar-refractivity contribution in [2.24, 2.45) is 0 Å². The first-order valence-corrected chi connectivity index (χ1v) is 6.62. The van der Waals surface area contributed by atoms with E-state index in [1.54, 1.807) is 12.1 Å². The number of aryl methyl sites for hydroxylation is 1. The molecular formula is C13H16BrFO. The van der Waals surface area contributed by atoms with Crippen molar-refractivity contribution in [2.75, 3.05) is 5.33 Å². The summed E-state index contributed by atoms with van der Waals surface area (Å²) >= 11 is 3.34. The molecule has 1 aromatic carbocycles. The smallest absolute Gasteiger partial charge is 0.165 e. The van der Waals surface area contributed by atoms with Gasteiger partial charge in [0.1, 0.15) is 5.82 Å². The summed E-state index contributed by atoms with van der Waals surface area (Å²) in [5.41, 5.74) is 1.07. The Morgan fingerprint density at radius 1 is 1.31 bits per heavy atom. The van der Waals surface area contributed by atoms with Crippen LogP contribution in [0.2, 0.25) is 0 Å². The van der Waals surface area contributed by atoms with Gasteiger partial charge in [-0.25, -0.2) is 4.39 Å². The molecule has 0 unspecified atom stereocenters. The molecule has 16 heavy (non-hydrogen) atoms.